The van der Waals surface area contributed by atoms with Gasteiger partial charge in [0.1, 0.15) is 5.60 Å². The van der Waals surface area contributed by atoms with Gasteiger partial charge in [0.05, 0.1) is 6.07 Å². The van der Waals surface area contributed by atoms with E-state index in [0.29, 0.717) is 24.2 Å². The molecular weight excluding hydrogens is 326 g/mol. The van der Waals surface area contributed by atoms with Crippen molar-refractivity contribution < 1.29 is 14.6 Å². The minimum atomic E-state index is -1.13. The SMILES string of the molecule is CC(=O)O[C@]1(C)CC[C@H]2[C@H](CC[C@@H]3[C@@H]2CC[C@@]2(C)[C@H]3CCC2(O)C#N)C1. The van der Waals surface area contributed by atoms with Gasteiger partial charge < -0.3 is 9.84 Å². The number of carbonyl (C=O) groups is 1. The van der Waals surface area contributed by atoms with E-state index in [9.17, 15) is 15.2 Å². The zero-order valence-corrected chi connectivity index (χ0v) is 16.5. The van der Waals surface area contributed by atoms with Crippen LogP contribution in [0.3, 0.4) is 0 Å². The van der Waals surface area contributed by atoms with Crippen molar-refractivity contribution in [1.82, 2.24) is 0 Å². The summed E-state index contributed by atoms with van der Waals surface area (Å²) in [6, 6.07) is 2.27. The molecule has 0 aromatic heterocycles. The quantitative estimate of drug-likeness (QED) is 0.562. The molecule has 4 saturated carbocycles. The first kappa shape index (κ1) is 18.3. The van der Waals surface area contributed by atoms with Crippen LogP contribution in [0.4, 0.5) is 0 Å². The third kappa shape index (κ3) is 2.53. The Kier molecular flexibility index (Phi) is 4.19. The fraction of sp³-hybridized carbons (Fsp3) is 0.909. The smallest absolute Gasteiger partial charge is 0.303 e. The Balaban J connectivity index is 1.52. The lowest BCUT2D eigenvalue weighted by atomic mass is 9.48. The number of fused-ring (bicyclic) bond motifs is 5. The molecule has 4 aliphatic carbocycles. The lowest BCUT2D eigenvalue weighted by molar-refractivity contribution is -0.167. The maximum atomic E-state index is 11.5. The Bertz CT molecular complexity index is 642. The Hall–Kier alpha value is -1.08. The molecule has 4 heteroatoms. The van der Waals surface area contributed by atoms with Gasteiger partial charge >= 0.3 is 5.97 Å². The predicted octanol–water partition coefficient (Wildman–Crippen LogP) is 4.22. The van der Waals surface area contributed by atoms with E-state index in [1.807, 2.05) is 0 Å². The number of carbonyl (C=O) groups excluding carboxylic acids is 1. The lowest BCUT2D eigenvalue weighted by Gasteiger charge is -2.57. The van der Waals surface area contributed by atoms with Crippen molar-refractivity contribution in [3.8, 4) is 6.07 Å². The van der Waals surface area contributed by atoms with Crippen LogP contribution in [-0.2, 0) is 9.53 Å². The molecule has 0 heterocycles. The number of rotatable bonds is 1. The number of esters is 1. The van der Waals surface area contributed by atoms with E-state index in [2.05, 4.69) is 19.9 Å². The van der Waals surface area contributed by atoms with E-state index in [0.717, 1.165) is 50.4 Å². The Morgan fingerprint density at radius 2 is 1.77 bits per heavy atom. The van der Waals surface area contributed by atoms with Crippen LogP contribution in [0.5, 0.6) is 0 Å². The van der Waals surface area contributed by atoms with Crippen LogP contribution in [0.15, 0.2) is 0 Å². The molecule has 4 fully saturated rings. The second kappa shape index (κ2) is 5.96. The topological polar surface area (TPSA) is 70.3 Å². The molecule has 4 nitrogen and oxygen atoms in total. The highest BCUT2D eigenvalue weighted by Gasteiger charge is 2.63. The molecular formula is C22H33NO3. The van der Waals surface area contributed by atoms with E-state index in [1.165, 1.54) is 19.8 Å². The van der Waals surface area contributed by atoms with Gasteiger partial charge in [-0.1, -0.05) is 6.92 Å². The molecule has 1 N–H and O–H groups in total. The van der Waals surface area contributed by atoms with Crippen LogP contribution < -0.4 is 0 Å². The van der Waals surface area contributed by atoms with Crippen molar-refractivity contribution in [3.05, 3.63) is 0 Å². The largest absolute Gasteiger partial charge is 0.460 e. The third-order valence-corrected chi connectivity index (χ3v) is 8.95. The Morgan fingerprint density at radius 3 is 2.46 bits per heavy atom. The molecule has 1 unspecified atom stereocenters. The van der Waals surface area contributed by atoms with E-state index < -0.39 is 5.60 Å². The van der Waals surface area contributed by atoms with Crippen molar-refractivity contribution in [1.29, 1.82) is 5.26 Å². The van der Waals surface area contributed by atoms with Gasteiger partial charge in [-0.25, -0.2) is 0 Å². The zero-order valence-electron chi connectivity index (χ0n) is 16.5. The minimum Gasteiger partial charge on any atom is -0.460 e. The summed E-state index contributed by atoms with van der Waals surface area (Å²) in [5.74, 6) is 3.13. The standard InChI is InChI=1S/C22H33NO3/c1-14(24)26-20(2)9-6-16-15(12-20)4-5-18-17(16)7-10-21(3)19(18)8-11-22(21,25)13-23/h15-19,25H,4-12H2,1-3H3/t15-,16+,17-,18-,19+,20-,21+,22?/m1/s1. The highest BCUT2D eigenvalue weighted by atomic mass is 16.6. The molecule has 0 aromatic carbocycles. The second-order valence-electron chi connectivity index (χ2n) is 10.2. The van der Waals surface area contributed by atoms with Gasteiger partial charge in [0, 0.05) is 12.3 Å². The number of hydrogen-bond acceptors (Lipinski definition) is 4. The van der Waals surface area contributed by atoms with Crippen LogP contribution >= 0.6 is 0 Å². The summed E-state index contributed by atoms with van der Waals surface area (Å²) < 4.78 is 5.68. The van der Waals surface area contributed by atoms with Crippen LogP contribution in [0.25, 0.3) is 0 Å². The van der Waals surface area contributed by atoms with E-state index in [4.69, 9.17) is 4.74 Å². The average Bonchev–Trinajstić information content (AvgIpc) is 2.85. The van der Waals surface area contributed by atoms with Crippen LogP contribution in [0, 0.1) is 46.3 Å². The van der Waals surface area contributed by atoms with Gasteiger partial charge in [-0.3, -0.25) is 4.79 Å². The molecule has 0 saturated heterocycles. The summed E-state index contributed by atoms with van der Waals surface area (Å²) in [5.41, 5.74) is -1.63. The summed E-state index contributed by atoms with van der Waals surface area (Å²) in [6.45, 7) is 5.81. The lowest BCUT2D eigenvalue weighted by Crippen LogP contribution is -2.54. The molecule has 8 atom stereocenters. The highest BCUT2D eigenvalue weighted by molar-refractivity contribution is 5.66. The third-order valence-electron chi connectivity index (χ3n) is 8.95. The Labute approximate surface area is 157 Å². The molecule has 0 bridgehead atoms. The first-order valence-electron chi connectivity index (χ1n) is 10.5. The fourth-order valence-electron chi connectivity index (χ4n) is 7.71. The first-order chi connectivity index (χ1) is 12.2. The minimum absolute atomic E-state index is 0.158. The Morgan fingerprint density at radius 1 is 1.04 bits per heavy atom. The molecule has 144 valence electrons. The number of aliphatic hydroxyl groups is 1. The summed E-state index contributed by atoms with van der Waals surface area (Å²) in [5, 5.41) is 20.5. The molecule has 26 heavy (non-hydrogen) atoms. The monoisotopic (exact) mass is 359 g/mol. The molecule has 0 aromatic rings. The van der Waals surface area contributed by atoms with E-state index >= 15 is 0 Å². The highest BCUT2D eigenvalue weighted by Crippen LogP contribution is 2.65. The zero-order chi connectivity index (χ0) is 18.7. The summed E-state index contributed by atoms with van der Waals surface area (Å²) in [7, 11) is 0. The van der Waals surface area contributed by atoms with Crippen molar-refractivity contribution in [2.75, 3.05) is 0 Å². The maximum absolute atomic E-state index is 11.5. The van der Waals surface area contributed by atoms with Crippen LogP contribution in [-0.4, -0.2) is 22.3 Å². The average molecular weight is 360 g/mol. The molecule has 0 radical (unpaired) electrons. The predicted molar refractivity (Wildman–Crippen MR) is 97.8 cm³/mol. The van der Waals surface area contributed by atoms with Gasteiger partial charge in [-0.15, -0.1) is 0 Å². The van der Waals surface area contributed by atoms with Gasteiger partial charge in [0.15, 0.2) is 5.60 Å². The number of nitriles is 1. The molecule has 0 aliphatic heterocycles. The van der Waals surface area contributed by atoms with Crippen LogP contribution in [0.1, 0.15) is 78.6 Å². The normalized spacial score (nSPS) is 53.0. The van der Waals surface area contributed by atoms with Crippen molar-refractivity contribution in [2.45, 2.75) is 89.8 Å². The molecule has 4 aliphatic rings. The molecule has 4 rings (SSSR count). The number of hydrogen-bond donors (Lipinski definition) is 1. The summed E-state index contributed by atoms with van der Waals surface area (Å²) in [6.07, 6.45) is 9.33. The first-order valence-corrected chi connectivity index (χ1v) is 10.5. The second-order valence-corrected chi connectivity index (χ2v) is 10.2. The van der Waals surface area contributed by atoms with Crippen molar-refractivity contribution in [3.63, 3.8) is 0 Å². The van der Waals surface area contributed by atoms with Gasteiger partial charge in [-0.2, -0.15) is 5.26 Å². The van der Waals surface area contributed by atoms with Gasteiger partial charge in [0.25, 0.3) is 0 Å². The van der Waals surface area contributed by atoms with E-state index in [-0.39, 0.29) is 17.0 Å². The number of ether oxygens (including phenoxy) is 1. The number of nitrogens with zero attached hydrogens (tertiary/aromatic N) is 1. The molecule has 0 amide bonds. The summed E-state index contributed by atoms with van der Waals surface area (Å²) in [4.78, 5) is 11.5. The molecule has 0 spiro atoms. The fourth-order valence-corrected chi connectivity index (χ4v) is 7.71. The van der Waals surface area contributed by atoms with Gasteiger partial charge in [-0.05, 0) is 94.3 Å². The van der Waals surface area contributed by atoms with Crippen LogP contribution in [0.2, 0.25) is 0 Å². The van der Waals surface area contributed by atoms with Crippen molar-refractivity contribution >= 4 is 5.97 Å². The van der Waals surface area contributed by atoms with E-state index in [1.54, 1.807) is 0 Å². The maximum Gasteiger partial charge on any atom is 0.303 e. The van der Waals surface area contributed by atoms with Gasteiger partial charge in [0.2, 0.25) is 0 Å². The van der Waals surface area contributed by atoms with Crippen molar-refractivity contribution in [2.24, 2.45) is 35.0 Å². The summed E-state index contributed by atoms with van der Waals surface area (Å²) >= 11 is 0.